The van der Waals surface area contributed by atoms with Gasteiger partial charge in [-0.05, 0) is 122 Å². The lowest BCUT2D eigenvalue weighted by molar-refractivity contribution is -0.305. The van der Waals surface area contributed by atoms with Crippen molar-refractivity contribution >= 4 is 11.9 Å². The highest BCUT2D eigenvalue weighted by Crippen LogP contribution is 2.26. The minimum atomic E-state index is -1.63. The number of hydrogen-bond acceptors (Lipinski definition) is 10. The maximum Gasteiger partial charge on any atom is 0.306 e. The van der Waals surface area contributed by atoms with E-state index in [-0.39, 0.29) is 19.4 Å². The first-order valence-electron chi connectivity index (χ1n) is 37.6. The fourth-order valence-corrected chi connectivity index (χ4v) is 10.9. The van der Waals surface area contributed by atoms with Crippen molar-refractivity contribution in [1.29, 1.82) is 0 Å². The minimum Gasteiger partial charge on any atom is -0.454 e. The van der Waals surface area contributed by atoms with Gasteiger partial charge in [-0.1, -0.05) is 314 Å². The van der Waals surface area contributed by atoms with E-state index in [2.05, 4.69) is 160 Å². The second-order valence-corrected chi connectivity index (χ2v) is 25.3. The molecule has 0 saturated carbocycles. The first kappa shape index (κ1) is 86.6. The molecule has 8 unspecified atom stereocenters. The van der Waals surface area contributed by atoms with Crippen LogP contribution in [0.3, 0.4) is 0 Å². The van der Waals surface area contributed by atoms with Gasteiger partial charge in [0.1, 0.15) is 24.4 Å². The molecule has 93 heavy (non-hydrogen) atoms. The molecule has 1 heterocycles. The van der Waals surface area contributed by atoms with Crippen LogP contribution < -0.4 is 5.32 Å². The molecule has 11 heteroatoms. The number of rotatable bonds is 63. The molecule has 1 saturated heterocycles. The summed E-state index contributed by atoms with van der Waals surface area (Å²) in [7, 11) is 0. The number of ether oxygens (including phenoxy) is 3. The van der Waals surface area contributed by atoms with Crippen molar-refractivity contribution in [3.63, 3.8) is 0 Å². The average molecular weight is 1300 g/mol. The first-order valence-corrected chi connectivity index (χ1v) is 37.6. The summed E-state index contributed by atoms with van der Waals surface area (Å²) in [6, 6.07) is -1.04. The van der Waals surface area contributed by atoms with Crippen LogP contribution in [0.4, 0.5) is 0 Å². The van der Waals surface area contributed by atoms with Crippen molar-refractivity contribution in [2.75, 3.05) is 13.2 Å². The minimum absolute atomic E-state index is 0.111. The molecule has 0 bridgehead atoms. The quantitative estimate of drug-likeness (QED) is 0.0195. The van der Waals surface area contributed by atoms with Gasteiger partial charge in [0.05, 0.1) is 25.4 Å². The Labute approximate surface area is 568 Å². The van der Waals surface area contributed by atoms with Crippen LogP contribution in [0.1, 0.15) is 297 Å². The summed E-state index contributed by atoms with van der Waals surface area (Å²) in [5, 5.41) is 57.3. The molecule has 0 aromatic heterocycles. The largest absolute Gasteiger partial charge is 0.454 e. The van der Waals surface area contributed by atoms with Gasteiger partial charge < -0.3 is 45.1 Å². The number of aliphatic hydroxyl groups is 5. The molecule has 1 amide bonds. The topological polar surface area (TPSA) is 175 Å². The number of hydrogen-bond donors (Lipinski definition) is 6. The molecule has 1 aliphatic rings. The third kappa shape index (κ3) is 54.4. The SMILES string of the molecule is CC/C=C\C/C=C\C/C=C\C/C=C\C/C=C\C/C=C\CCCCCCCCCC(O)C(=O)NC(COC1OC(CO)C(O)C(O)C1OC(=O)CCCCCCCCCCCCC/C=C\C/C=C\C/C=C\C/C=C\C/C=C\CC)C(O)/C=C/CCCCCCCCCCC. The van der Waals surface area contributed by atoms with E-state index < -0.39 is 67.4 Å². The van der Waals surface area contributed by atoms with E-state index in [1.54, 1.807) is 6.08 Å². The van der Waals surface area contributed by atoms with Gasteiger partial charge in [0.15, 0.2) is 12.4 Å². The fraction of sp³-hybridized carbons (Fsp3) is 0.683. The zero-order valence-electron chi connectivity index (χ0n) is 59.1. The lowest BCUT2D eigenvalue weighted by atomic mass is 9.99. The Hall–Kier alpha value is -4.46. The molecule has 530 valence electrons. The predicted octanol–water partition coefficient (Wildman–Crippen LogP) is 20.1. The number of aliphatic hydroxyl groups excluding tert-OH is 5. The summed E-state index contributed by atoms with van der Waals surface area (Å²) >= 11 is 0. The summed E-state index contributed by atoms with van der Waals surface area (Å²) in [4.78, 5) is 26.7. The Balaban J connectivity index is 2.53. The molecular weight excluding hydrogens is 1160 g/mol. The van der Waals surface area contributed by atoms with E-state index in [9.17, 15) is 35.1 Å². The Morgan fingerprint density at radius 1 is 0.430 bits per heavy atom. The highest BCUT2D eigenvalue weighted by atomic mass is 16.7. The smallest absolute Gasteiger partial charge is 0.306 e. The van der Waals surface area contributed by atoms with Crippen LogP contribution in [-0.4, -0.2) is 99.6 Å². The van der Waals surface area contributed by atoms with Crippen molar-refractivity contribution in [2.45, 2.75) is 346 Å². The van der Waals surface area contributed by atoms with Crippen LogP contribution in [0.15, 0.2) is 146 Å². The Bertz CT molecular complexity index is 2080. The van der Waals surface area contributed by atoms with Crippen molar-refractivity contribution in [3.05, 3.63) is 146 Å². The van der Waals surface area contributed by atoms with Gasteiger partial charge in [-0.3, -0.25) is 9.59 Å². The van der Waals surface area contributed by atoms with E-state index in [0.29, 0.717) is 12.8 Å². The van der Waals surface area contributed by atoms with E-state index in [4.69, 9.17) is 14.2 Å². The molecule has 0 aromatic rings. The zero-order valence-corrected chi connectivity index (χ0v) is 59.1. The van der Waals surface area contributed by atoms with Crippen LogP contribution in [0, 0.1) is 0 Å². The number of allylic oxidation sites excluding steroid dienone is 23. The molecule has 0 aliphatic carbocycles. The third-order valence-corrected chi connectivity index (χ3v) is 16.7. The molecule has 6 N–H and O–H groups in total. The number of carbonyl (C=O) groups excluding carboxylic acids is 2. The normalized spacial score (nSPS) is 18.7. The average Bonchev–Trinajstić information content (AvgIpc) is 0.974. The number of unbranched alkanes of at least 4 members (excludes halogenated alkanes) is 27. The molecule has 0 spiro atoms. The number of esters is 1. The van der Waals surface area contributed by atoms with Gasteiger partial charge in [-0.25, -0.2) is 0 Å². The van der Waals surface area contributed by atoms with Crippen LogP contribution >= 0.6 is 0 Å². The summed E-state index contributed by atoms with van der Waals surface area (Å²) in [6.45, 7) is 5.57. The second-order valence-electron chi connectivity index (χ2n) is 25.3. The van der Waals surface area contributed by atoms with Crippen molar-refractivity contribution in [3.8, 4) is 0 Å². The highest BCUT2D eigenvalue weighted by Gasteiger charge is 2.47. The van der Waals surface area contributed by atoms with Crippen molar-refractivity contribution in [1.82, 2.24) is 5.32 Å². The molecule has 0 radical (unpaired) electrons. The highest BCUT2D eigenvalue weighted by molar-refractivity contribution is 5.80. The number of nitrogens with one attached hydrogen (secondary N) is 1. The third-order valence-electron chi connectivity index (χ3n) is 16.7. The maximum absolute atomic E-state index is 13.5. The molecular formula is C82H137NO10. The standard InChI is InChI=1S/C82H137NO10/c1-4-7-10-13-16-19-22-24-26-28-30-32-34-36-38-40-42-44-46-48-50-52-55-58-61-64-67-70-77(87)93-80-79(89)78(88)76(71-84)92-82(80)91-72-73(74(85)68-65-62-59-56-53-21-18-15-12-9-6-3)83-81(90)75(86)69-66-63-60-57-54-51-49-47-45-43-41-39-37-35-33-31-29-27-25-23-20-17-14-11-8-5-2/h7-8,10-11,16-17,19-20,24-27,30-33,36-39,43,45,65,68,73-76,78-80,82,84-86,88-89H,4-6,9,12-15,18,21-23,28-29,34-35,40-42,44,46-64,66-67,69-72H2,1-3H3,(H,83,90)/b10-7-,11-8-,19-16-,20-17-,26-24-,27-25-,32-30-,33-31-,38-36-,39-37-,45-43-,68-65+. The van der Waals surface area contributed by atoms with Gasteiger partial charge in [-0.2, -0.15) is 0 Å². The van der Waals surface area contributed by atoms with Crippen LogP contribution in [0.2, 0.25) is 0 Å². The lowest BCUT2D eigenvalue weighted by Crippen LogP contribution is -2.61. The zero-order chi connectivity index (χ0) is 67.4. The molecule has 1 aliphatic heterocycles. The van der Waals surface area contributed by atoms with Crippen LogP contribution in [-0.2, 0) is 23.8 Å². The molecule has 8 atom stereocenters. The number of amides is 1. The Kier molecular flexibility index (Phi) is 62.8. The predicted molar refractivity (Wildman–Crippen MR) is 393 cm³/mol. The van der Waals surface area contributed by atoms with Gasteiger partial charge in [0.2, 0.25) is 5.91 Å². The van der Waals surface area contributed by atoms with Gasteiger partial charge >= 0.3 is 5.97 Å². The first-order chi connectivity index (χ1) is 45.7. The van der Waals surface area contributed by atoms with E-state index in [0.717, 1.165) is 167 Å². The molecule has 1 fully saturated rings. The van der Waals surface area contributed by atoms with Crippen molar-refractivity contribution < 1.29 is 49.3 Å². The van der Waals surface area contributed by atoms with Gasteiger partial charge in [0.25, 0.3) is 0 Å². The monoisotopic (exact) mass is 1300 g/mol. The summed E-state index contributed by atoms with van der Waals surface area (Å²) < 4.78 is 17.7. The van der Waals surface area contributed by atoms with Crippen LogP contribution in [0.5, 0.6) is 0 Å². The van der Waals surface area contributed by atoms with Gasteiger partial charge in [0, 0.05) is 6.42 Å². The fourth-order valence-electron chi connectivity index (χ4n) is 10.9. The van der Waals surface area contributed by atoms with E-state index in [1.165, 1.54) is 83.5 Å². The maximum atomic E-state index is 13.5. The lowest BCUT2D eigenvalue weighted by Gasteiger charge is -2.41. The van der Waals surface area contributed by atoms with Gasteiger partial charge in [-0.15, -0.1) is 0 Å². The van der Waals surface area contributed by atoms with Crippen LogP contribution in [0.25, 0.3) is 0 Å². The molecule has 0 aromatic carbocycles. The Morgan fingerprint density at radius 2 is 0.774 bits per heavy atom. The molecule has 1 rings (SSSR count). The summed E-state index contributed by atoms with van der Waals surface area (Å²) in [5.74, 6) is -1.21. The van der Waals surface area contributed by atoms with E-state index in [1.807, 2.05) is 6.08 Å². The van der Waals surface area contributed by atoms with E-state index >= 15 is 0 Å². The summed E-state index contributed by atoms with van der Waals surface area (Å²) in [6.07, 6.45) is 87.4. The van der Waals surface area contributed by atoms with Crippen molar-refractivity contribution in [2.24, 2.45) is 0 Å². The molecule has 11 nitrogen and oxygen atoms in total. The Morgan fingerprint density at radius 3 is 1.16 bits per heavy atom. The second kappa shape index (κ2) is 67.5. The number of carbonyl (C=O) groups is 2. The summed E-state index contributed by atoms with van der Waals surface area (Å²) in [5.41, 5.74) is 0.